The van der Waals surface area contributed by atoms with Gasteiger partial charge in [-0.2, -0.15) is 5.10 Å². The number of nitrogens with zero attached hydrogens (tertiary/aromatic N) is 3. The maximum Gasteiger partial charge on any atom is 0.335 e. The Kier molecular flexibility index (Phi) is 6.99. The summed E-state index contributed by atoms with van der Waals surface area (Å²) in [5.41, 5.74) is 3.07. The molecule has 2 aromatic carbocycles. The molecule has 4 N–H and O–H groups in total. The lowest BCUT2D eigenvalue weighted by molar-refractivity contribution is 0.0695. The highest BCUT2D eigenvalue weighted by molar-refractivity contribution is 5.98. The molecule has 204 valence electrons. The number of hydrogen-bond donors (Lipinski definition) is 4. The Morgan fingerprint density at radius 3 is 2.65 bits per heavy atom. The van der Waals surface area contributed by atoms with Crippen molar-refractivity contribution in [1.29, 1.82) is 0 Å². The van der Waals surface area contributed by atoms with Gasteiger partial charge in [-0.05, 0) is 60.2 Å². The largest absolute Gasteiger partial charge is 0.478 e. The fraction of sp³-hybridized carbons (Fsp3) is 0.214. The maximum absolute atomic E-state index is 14.5. The van der Waals surface area contributed by atoms with Gasteiger partial charge in [-0.25, -0.2) is 18.7 Å². The van der Waals surface area contributed by atoms with Crippen molar-refractivity contribution in [1.82, 2.24) is 30.5 Å². The average molecular weight is 545 g/mol. The summed E-state index contributed by atoms with van der Waals surface area (Å²) < 4.78 is 15.5. The van der Waals surface area contributed by atoms with Crippen LogP contribution < -0.4 is 16.0 Å². The van der Waals surface area contributed by atoms with Crippen LogP contribution in [0, 0.1) is 12.7 Å². The van der Waals surface area contributed by atoms with E-state index in [1.807, 2.05) is 0 Å². The Balaban J connectivity index is 1.39. The van der Waals surface area contributed by atoms with Gasteiger partial charge in [-0.15, -0.1) is 0 Å². The van der Waals surface area contributed by atoms with Crippen LogP contribution in [0.2, 0.25) is 0 Å². The second-order valence-corrected chi connectivity index (χ2v) is 9.39. The average Bonchev–Trinajstić information content (AvgIpc) is 3.54. The zero-order chi connectivity index (χ0) is 28.6. The third kappa shape index (κ3) is 4.86. The first-order chi connectivity index (χ1) is 19.2. The molecule has 2 heterocycles. The molecule has 40 heavy (non-hydrogen) atoms. The Hall–Kier alpha value is -5.13. The van der Waals surface area contributed by atoms with Crippen molar-refractivity contribution < 1.29 is 28.7 Å². The zero-order valence-corrected chi connectivity index (χ0v) is 21.6. The van der Waals surface area contributed by atoms with E-state index in [-0.39, 0.29) is 35.1 Å². The van der Waals surface area contributed by atoms with E-state index in [1.54, 1.807) is 37.3 Å². The molecule has 12 heteroatoms. The minimum atomic E-state index is -1.02. The molecule has 0 bridgehead atoms. The van der Waals surface area contributed by atoms with E-state index in [4.69, 9.17) is 0 Å². The third-order valence-corrected chi connectivity index (χ3v) is 6.99. The SMILES string of the molecule is CNC(=O)c1cccc(CNC(=O)c2cc(C(=O)N[C@H]3CCc4c3ccc(C(=O)O)c4C)n3ncc(F)c3n2)c1. The molecule has 11 nitrogen and oxygen atoms in total. The summed E-state index contributed by atoms with van der Waals surface area (Å²) in [5.74, 6) is -3.33. The highest BCUT2D eigenvalue weighted by Gasteiger charge is 2.29. The van der Waals surface area contributed by atoms with E-state index in [0.717, 1.165) is 21.8 Å². The van der Waals surface area contributed by atoms with Gasteiger partial charge in [-0.1, -0.05) is 18.2 Å². The number of carbonyl (C=O) groups is 4. The van der Waals surface area contributed by atoms with E-state index >= 15 is 0 Å². The summed E-state index contributed by atoms with van der Waals surface area (Å²) in [6.45, 7) is 1.81. The smallest absolute Gasteiger partial charge is 0.335 e. The predicted molar refractivity (Wildman–Crippen MR) is 141 cm³/mol. The van der Waals surface area contributed by atoms with E-state index in [1.165, 1.54) is 19.2 Å². The first-order valence-electron chi connectivity index (χ1n) is 12.5. The summed E-state index contributed by atoms with van der Waals surface area (Å²) in [6, 6.07) is 10.7. The standard InChI is InChI=1S/C28H25FN6O5/c1-14-17-8-9-21(19(17)7-6-18(14)28(39)40)34-27(38)23-11-22(33-24-20(29)13-32-35(23)24)26(37)31-12-15-4-3-5-16(10-15)25(36)30-2/h3-7,10-11,13,21H,8-9,12H2,1-2H3,(H,30,36)(H,31,37)(H,34,38)(H,39,40)/t21-/m0/s1. The Labute approximate surface area is 227 Å². The van der Waals surface area contributed by atoms with Crippen LogP contribution in [0.4, 0.5) is 4.39 Å². The van der Waals surface area contributed by atoms with Crippen molar-refractivity contribution in [3.05, 3.63) is 99.2 Å². The number of aromatic carboxylic acids is 1. The molecule has 1 aliphatic carbocycles. The van der Waals surface area contributed by atoms with E-state index in [9.17, 15) is 28.7 Å². The van der Waals surface area contributed by atoms with Gasteiger partial charge in [0.2, 0.25) is 0 Å². The second kappa shape index (κ2) is 10.6. The number of hydrogen-bond acceptors (Lipinski definition) is 6. The fourth-order valence-electron chi connectivity index (χ4n) is 4.95. The minimum Gasteiger partial charge on any atom is -0.478 e. The molecule has 0 aliphatic heterocycles. The summed E-state index contributed by atoms with van der Waals surface area (Å²) in [4.78, 5) is 53.8. The van der Waals surface area contributed by atoms with Crippen LogP contribution in [0.15, 0.2) is 48.7 Å². The van der Waals surface area contributed by atoms with Crippen LogP contribution >= 0.6 is 0 Å². The molecule has 2 aromatic heterocycles. The van der Waals surface area contributed by atoms with Crippen LogP contribution in [0.5, 0.6) is 0 Å². The number of carboxylic acid groups (broad SMARTS) is 1. The van der Waals surface area contributed by atoms with Gasteiger partial charge in [0.05, 0.1) is 17.8 Å². The molecule has 1 aliphatic rings. The number of halogens is 1. The van der Waals surface area contributed by atoms with Crippen molar-refractivity contribution in [2.75, 3.05) is 7.05 Å². The minimum absolute atomic E-state index is 0.0658. The number of benzene rings is 2. The molecule has 0 saturated carbocycles. The highest BCUT2D eigenvalue weighted by atomic mass is 19.1. The zero-order valence-electron chi connectivity index (χ0n) is 21.6. The number of carbonyl (C=O) groups excluding carboxylic acids is 3. The quantitative estimate of drug-likeness (QED) is 0.279. The number of amides is 3. The molecule has 5 rings (SSSR count). The molecular formula is C28H25FN6O5. The number of aromatic nitrogens is 3. The summed E-state index contributed by atoms with van der Waals surface area (Å²) in [5, 5.41) is 21.5. The normalized spacial score (nSPS) is 14.0. The van der Waals surface area contributed by atoms with Gasteiger partial charge in [0.25, 0.3) is 17.7 Å². The Bertz CT molecular complexity index is 1700. The summed E-state index contributed by atoms with van der Waals surface area (Å²) >= 11 is 0. The number of fused-ring (bicyclic) bond motifs is 2. The van der Waals surface area contributed by atoms with Gasteiger partial charge < -0.3 is 21.1 Å². The molecular weight excluding hydrogens is 519 g/mol. The second-order valence-electron chi connectivity index (χ2n) is 9.39. The monoisotopic (exact) mass is 544 g/mol. The lowest BCUT2D eigenvalue weighted by Gasteiger charge is -2.16. The summed E-state index contributed by atoms with van der Waals surface area (Å²) in [7, 11) is 1.52. The summed E-state index contributed by atoms with van der Waals surface area (Å²) in [6.07, 6.45) is 2.05. The fourth-order valence-corrected chi connectivity index (χ4v) is 4.95. The Morgan fingerprint density at radius 2 is 1.90 bits per heavy atom. The molecule has 0 saturated heterocycles. The molecule has 3 amide bonds. The van der Waals surface area contributed by atoms with Gasteiger partial charge >= 0.3 is 5.97 Å². The van der Waals surface area contributed by atoms with Crippen LogP contribution in [-0.4, -0.2) is 50.4 Å². The van der Waals surface area contributed by atoms with Gasteiger partial charge in [0, 0.05) is 25.2 Å². The number of nitrogens with one attached hydrogen (secondary N) is 3. The van der Waals surface area contributed by atoms with Gasteiger partial charge in [0.15, 0.2) is 11.5 Å². The van der Waals surface area contributed by atoms with E-state index in [2.05, 4.69) is 26.0 Å². The van der Waals surface area contributed by atoms with Gasteiger partial charge in [0.1, 0.15) is 11.4 Å². The first kappa shape index (κ1) is 26.5. The predicted octanol–water partition coefficient (Wildman–Crippen LogP) is 2.58. The molecule has 0 radical (unpaired) electrons. The molecule has 0 fully saturated rings. The molecule has 0 spiro atoms. The Morgan fingerprint density at radius 1 is 1.10 bits per heavy atom. The van der Waals surface area contributed by atoms with Crippen LogP contribution in [0.1, 0.15) is 76.4 Å². The van der Waals surface area contributed by atoms with Crippen molar-refractivity contribution in [2.24, 2.45) is 0 Å². The van der Waals surface area contributed by atoms with Crippen molar-refractivity contribution in [2.45, 2.75) is 32.4 Å². The van der Waals surface area contributed by atoms with Crippen molar-refractivity contribution >= 4 is 29.3 Å². The van der Waals surface area contributed by atoms with Crippen molar-refractivity contribution in [3.8, 4) is 0 Å². The van der Waals surface area contributed by atoms with Crippen molar-refractivity contribution in [3.63, 3.8) is 0 Å². The maximum atomic E-state index is 14.5. The molecule has 1 atom stereocenters. The van der Waals surface area contributed by atoms with Crippen LogP contribution in [-0.2, 0) is 13.0 Å². The van der Waals surface area contributed by atoms with Crippen LogP contribution in [0.25, 0.3) is 5.65 Å². The number of rotatable bonds is 7. The molecule has 4 aromatic rings. The highest BCUT2D eigenvalue weighted by Crippen LogP contribution is 2.35. The first-order valence-corrected chi connectivity index (χ1v) is 12.5. The van der Waals surface area contributed by atoms with Gasteiger partial charge in [-0.3, -0.25) is 14.4 Å². The lowest BCUT2D eigenvalue weighted by atomic mass is 9.98. The third-order valence-electron chi connectivity index (χ3n) is 6.99. The number of carboxylic acids is 1. The lowest BCUT2D eigenvalue weighted by Crippen LogP contribution is -2.30. The molecule has 0 unspecified atom stereocenters. The topological polar surface area (TPSA) is 155 Å². The van der Waals surface area contributed by atoms with E-state index in [0.29, 0.717) is 29.5 Å². The van der Waals surface area contributed by atoms with Crippen LogP contribution in [0.3, 0.4) is 0 Å². The van der Waals surface area contributed by atoms with E-state index < -0.39 is 29.6 Å².